The zero-order chi connectivity index (χ0) is 23.5. The maximum absolute atomic E-state index is 13.5. The number of halogens is 1. The summed E-state index contributed by atoms with van der Waals surface area (Å²) in [6.07, 6.45) is 4.85. The Kier molecular flexibility index (Phi) is 6.79. The highest BCUT2D eigenvalue weighted by molar-refractivity contribution is 6.30. The van der Waals surface area contributed by atoms with Gasteiger partial charge in [-0.2, -0.15) is 5.10 Å². The average molecular weight is 466 g/mol. The van der Waals surface area contributed by atoms with E-state index in [-0.39, 0.29) is 23.7 Å². The van der Waals surface area contributed by atoms with E-state index >= 15 is 0 Å². The van der Waals surface area contributed by atoms with Crippen molar-refractivity contribution < 1.29 is 9.59 Å². The molecule has 1 fully saturated rings. The van der Waals surface area contributed by atoms with Gasteiger partial charge in [0.1, 0.15) is 5.82 Å². The normalized spacial score (nSPS) is 16.2. The molecule has 1 aliphatic rings. The van der Waals surface area contributed by atoms with Gasteiger partial charge in [-0.15, -0.1) is 0 Å². The second kappa shape index (κ2) is 9.75. The summed E-state index contributed by atoms with van der Waals surface area (Å²) in [6, 6.07) is 11.1. The second-order valence-corrected chi connectivity index (χ2v) is 9.23. The Hall–Kier alpha value is -3.19. The zero-order valence-corrected chi connectivity index (χ0v) is 19.8. The molecule has 1 aliphatic heterocycles. The van der Waals surface area contributed by atoms with Crippen molar-refractivity contribution in [2.75, 3.05) is 18.4 Å². The summed E-state index contributed by atoms with van der Waals surface area (Å²) in [6.45, 7) is 7.01. The molecule has 3 heterocycles. The van der Waals surface area contributed by atoms with Gasteiger partial charge in [-0.05, 0) is 55.5 Å². The summed E-state index contributed by atoms with van der Waals surface area (Å²) in [7, 11) is 0. The second-order valence-electron chi connectivity index (χ2n) is 8.79. The zero-order valence-electron chi connectivity index (χ0n) is 19.1. The fourth-order valence-electron chi connectivity index (χ4n) is 4.21. The molecule has 2 amide bonds. The lowest BCUT2D eigenvalue weighted by Crippen LogP contribution is -2.44. The lowest BCUT2D eigenvalue weighted by atomic mass is 9.96. The van der Waals surface area contributed by atoms with Crippen molar-refractivity contribution in [1.29, 1.82) is 0 Å². The van der Waals surface area contributed by atoms with Gasteiger partial charge in [-0.1, -0.05) is 37.6 Å². The van der Waals surface area contributed by atoms with Gasteiger partial charge >= 0.3 is 0 Å². The van der Waals surface area contributed by atoms with Crippen molar-refractivity contribution in [1.82, 2.24) is 19.7 Å². The first-order valence-corrected chi connectivity index (χ1v) is 11.6. The monoisotopic (exact) mass is 465 g/mol. The molecule has 0 spiro atoms. The van der Waals surface area contributed by atoms with E-state index in [0.717, 1.165) is 29.8 Å². The Morgan fingerprint density at radius 1 is 1.18 bits per heavy atom. The number of pyridine rings is 1. The molecule has 2 aromatic heterocycles. The van der Waals surface area contributed by atoms with E-state index in [1.165, 1.54) is 0 Å². The third-order valence-corrected chi connectivity index (χ3v) is 6.11. The molecule has 8 heteroatoms. The van der Waals surface area contributed by atoms with Crippen LogP contribution < -0.4 is 5.32 Å². The lowest BCUT2D eigenvalue weighted by molar-refractivity contribution is -0.121. The van der Waals surface area contributed by atoms with E-state index in [1.54, 1.807) is 34.1 Å². The fraction of sp³-hybridized carbons (Fsp3) is 0.360. The fourth-order valence-corrected chi connectivity index (χ4v) is 4.39. The van der Waals surface area contributed by atoms with Crippen molar-refractivity contribution in [2.24, 2.45) is 5.92 Å². The summed E-state index contributed by atoms with van der Waals surface area (Å²) in [5, 5.41) is 8.00. The first kappa shape index (κ1) is 23.0. The van der Waals surface area contributed by atoms with Gasteiger partial charge in [0.15, 0.2) is 0 Å². The third kappa shape index (κ3) is 5.09. The molecule has 1 aromatic carbocycles. The van der Waals surface area contributed by atoms with Crippen LogP contribution in [0.2, 0.25) is 5.02 Å². The first-order chi connectivity index (χ1) is 15.8. The maximum atomic E-state index is 13.5. The molecule has 1 atom stereocenters. The van der Waals surface area contributed by atoms with E-state index in [9.17, 15) is 9.59 Å². The predicted molar refractivity (Wildman–Crippen MR) is 129 cm³/mol. The minimum Gasteiger partial charge on any atom is -0.338 e. The number of benzene rings is 1. The van der Waals surface area contributed by atoms with Crippen molar-refractivity contribution in [3.63, 3.8) is 0 Å². The van der Waals surface area contributed by atoms with E-state index in [0.29, 0.717) is 29.5 Å². The van der Waals surface area contributed by atoms with Crippen LogP contribution in [0.1, 0.15) is 54.2 Å². The standard InChI is InChI=1S/C25H28ClN5O2/c1-16(2)23-21(14-28-31(23)20-8-4-7-19(26)12-20)25(33)30-11-5-6-18(15-30)24(32)29-22-10-9-17(3)13-27-22/h4,7-10,12-14,16,18H,5-6,11,15H2,1-3H3,(H,27,29,32). The molecule has 33 heavy (non-hydrogen) atoms. The number of hydrogen-bond donors (Lipinski definition) is 1. The number of aryl methyl sites for hydroxylation is 1. The van der Waals surface area contributed by atoms with Crippen molar-refractivity contribution in [3.05, 3.63) is 70.6 Å². The SMILES string of the molecule is Cc1ccc(NC(=O)C2CCCN(C(=O)c3cnn(-c4cccc(Cl)c4)c3C(C)C)C2)nc1. The van der Waals surface area contributed by atoms with Crippen LogP contribution in [0.25, 0.3) is 5.69 Å². The van der Waals surface area contributed by atoms with Crippen LogP contribution in [0, 0.1) is 12.8 Å². The van der Waals surface area contributed by atoms with Gasteiger partial charge in [0, 0.05) is 24.3 Å². The van der Waals surface area contributed by atoms with Crippen molar-refractivity contribution in [2.45, 2.75) is 39.5 Å². The molecule has 0 bridgehead atoms. The molecular weight excluding hydrogens is 438 g/mol. The number of anilines is 1. The molecule has 0 saturated carbocycles. The number of hydrogen-bond acceptors (Lipinski definition) is 4. The van der Waals surface area contributed by atoms with E-state index in [1.807, 2.05) is 45.0 Å². The van der Waals surface area contributed by atoms with Crippen LogP contribution >= 0.6 is 11.6 Å². The number of amides is 2. The van der Waals surface area contributed by atoms with Crippen LogP contribution in [0.3, 0.4) is 0 Å². The molecule has 1 unspecified atom stereocenters. The van der Waals surface area contributed by atoms with Gasteiger partial charge in [0.25, 0.3) is 5.91 Å². The van der Waals surface area contributed by atoms with Gasteiger partial charge in [0.05, 0.1) is 29.1 Å². The summed E-state index contributed by atoms with van der Waals surface area (Å²) >= 11 is 6.17. The Morgan fingerprint density at radius 3 is 2.70 bits per heavy atom. The third-order valence-electron chi connectivity index (χ3n) is 5.88. The lowest BCUT2D eigenvalue weighted by Gasteiger charge is -2.32. The quantitative estimate of drug-likeness (QED) is 0.584. The Balaban J connectivity index is 1.53. The summed E-state index contributed by atoms with van der Waals surface area (Å²) < 4.78 is 1.78. The van der Waals surface area contributed by atoms with Crippen LogP contribution in [0.4, 0.5) is 5.82 Å². The number of nitrogens with zero attached hydrogens (tertiary/aromatic N) is 4. The Morgan fingerprint density at radius 2 is 2.00 bits per heavy atom. The molecular formula is C25H28ClN5O2. The molecule has 4 rings (SSSR count). The number of piperidine rings is 1. The highest BCUT2D eigenvalue weighted by Crippen LogP contribution is 2.27. The highest BCUT2D eigenvalue weighted by Gasteiger charge is 2.31. The van der Waals surface area contributed by atoms with E-state index in [4.69, 9.17) is 11.6 Å². The Bertz CT molecular complexity index is 1160. The van der Waals surface area contributed by atoms with E-state index in [2.05, 4.69) is 15.4 Å². The average Bonchev–Trinajstić information content (AvgIpc) is 3.26. The topological polar surface area (TPSA) is 80.1 Å². The van der Waals surface area contributed by atoms with Crippen molar-refractivity contribution in [3.8, 4) is 5.69 Å². The number of carbonyl (C=O) groups is 2. The number of carbonyl (C=O) groups excluding carboxylic acids is 2. The molecule has 172 valence electrons. The predicted octanol–water partition coefficient (Wildman–Crippen LogP) is 4.84. The number of aromatic nitrogens is 3. The number of rotatable bonds is 5. The smallest absolute Gasteiger partial charge is 0.257 e. The number of likely N-dealkylation sites (tertiary alicyclic amines) is 1. The van der Waals surface area contributed by atoms with Gasteiger partial charge in [0.2, 0.25) is 5.91 Å². The minimum atomic E-state index is -0.281. The molecule has 3 aromatic rings. The molecule has 7 nitrogen and oxygen atoms in total. The van der Waals surface area contributed by atoms with Gasteiger partial charge in [-0.3, -0.25) is 9.59 Å². The van der Waals surface area contributed by atoms with Crippen LogP contribution in [-0.4, -0.2) is 44.6 Å². The maximum Gasteiger partial charge on any atom is 0.257 e. The highest BCUT2D eigenvalue weighted by atomic mass is 35.5. The van der Waals surface area contributed by atoms with Crippen molar-refractivity contribution >= 4 is 29.2 Å². The van der Waals surface area contributed by atoms with Crippen LogP contribution in [0.5, 0.6) is 0 Å². The summed E-state index contributed by atoms with van der Waals surface area (Å²) in [5.41, 5.74) is 3.23. The largest absolute Gasteiger partial charge is 0.338 e. The van der Waals surface area contributed by atoms with Crippen LogP contribution in [-0.2, 0) is 4.79 Å². The first-order valence-electron chi connectivity index (χ1n) is 11.2. The molecule has 0 aliphatic carbocycles. The molecule has 1 N–H and O–H groups in total. The molecule has 0 radical (unpaired) electrons. The Labute approximate surface area is 198 Å². The van der Waals surface area contributed by atoms with Crippen LogP contribution in [0.15, 0.2) is 48.8 Å². The number of nitrogens with one attached hydrogen (secondary N) is 1. The van der Waals surface area contributed by atoms with E-state index < -0.39 is 0 Å². The summed E-state index contributed by atoms with van der Waals surface area (Å²) in [4.78, 5) is 32.4. The van der Waals surface area contributed by atoms with Gasteiger partial charge < -0.3 is 10.2 Å². The minimum absolute atomic E-state index is 0.0712. The molecule has 1 saturated heterocycles. The van der Waals surface area contributed by atoms with Gasteiger partial charge in [-0.25, -0.2) is 9.67 Å². The summed E-state index contributed by atoms with van der Waals surface area (Å²) in [5.74, 6) is 0.109.